The second-order valence-electron chi connectivity index (χ2n) is 4.34. The first-order valence-electron chi connectivity index (χ1n) is 6.12. The molecule has 0 unspecified atom stereocenters. The number of nitrogens with zero attached hydrogens (tertiary/aromatic N) is 2. The highest BCUT2D eigenvalue weighted by Gasteiger charge is 2.11. The van der Waals surface area contributed by atoms with Gasteiger partial charge >= 0.3 is 0 Å². The fourth-order valence-electron chi connectivity index (χ4n) is 1.72. The molecule has 0 saturated carbocycles. The largest absolute Gasteiger partial charge is 0.469 e. The molecule has 0 spiro atoms. The smallest absolute Gasteiger partial charge is 0.274 e. The van der Waals surface area contributed by atoms with Gasteiger partial charge in [-0.1, -0.05) is 12.1 Å². The number of hydrogen-bond donors (Lipinski definition) is 1. The molecule has 108 valence electrons. The molecule has 0 bridgehead atoms. The van der Waals surface area contributed by atoms with E-state index < -0.39 is 10.8 Å². The van der Waals surface area contributed by atoms with Crippen molar-refractivity contribution in [2.24, 2.45) is 5.10 Å². The first-order chi connectivity index (χ1) is 9.99. The summed E-state index contributed by atoms with van der Waals surface area (Å²) in [7, 11) is 0. The topological polar surface area (TPSA) is 97.7 Å². The van der Waals surface area contributed by atoms with Crippen molar-refractivity contribution in [1.82, 2.24) is 5.43 Å². The van der Waals surface area contributed by atoms with Crippen LogP contribution in [0.2, 0.25) is 0 Å². The van der Waals surface area contributed by atoms with Crippen LogP contribution in [0.4, 0.5) is 5.69 Å². The number of furan rings is 1. The van der Waals surface area contributed by atoms with Crippen molar-refractivity contribution >= 4 is 17.3 Å². The molecule has 0 aliphatic carbocycles. The van der Waals surface area contributed by atoms with Gasteiger partial charge in [-0.3, -0.25) is 14.9 Å². The van der Waals surface area contributed by atoms with Gasteiger partial charge in [0.05, 0.1) is 22.5 Å². The van der Waals surface area contributed by atoms with Gasteiger partial charge in [0.15, 0.2) is 0 Å². The number of hydrogen-bond acceptors (Lipinski definition) is 5. The number of non-ortho nitro benzene ring substituents is 1. The molecule has 0 saturated heterocycles. The Morgan fingerprint density at radius 3 is 2.76 bits per heavy atom. The maximum Gasteiger partial charge on any atom is 0.274 e. The van der Waals surface area contributed by atoms with Crippen molar-refractivity contribution in [3.63, 3.8) is 0 Å². The van der Waals surface area contributed by atoms with E-state index in [0.717, 1.165) is 0 Å². The zero-order chi connectivity index (χ0) is 15.4. The van der Waals surface area contributed by atoms with Crippen molar-refractivity contribution in [3.8, 4) is 0 Å². The van der Waals surface area contributed by atoms with E-state index in [4.69, 9.17) is 4.42 Å². The Morgan fingerprint density at radius 2 is 2.14 bits per heavy atom. The van der Waals surface area contributed by atoms with Crippen LogP contribution in [0.3, 0.4) is 0 Å². The quantitative estimate of drug-likeness (QED) is 0.531. The van der Waals surface area contributed by atoms with Crippen LogP contribution in [0.25, 0.3) is 0 Å². The Morgan fingerprint density at radius 1 is 1.38 bits per heavy atom. The van der Waals surface area contributed by atoms with Gasteiger partial charge in [0.25, 0.3) is 11.6 Å². The summed E-state index contributed by atoms with van der Waals surface area (Å²) in [5.74, 6) is 0.0988. The Balaban J connectivity index is 2.14. The lowest BCUT2D eigenvalue weighted by Gasteiger charge is -2.02. The number of amides is 1. The fourth-order valence-corrected chi connectivity index (χ4v) is 1.72. The van der Waals surface area contributed by atoms with Gasteiger partial charge in [-0.25, -0.2) is 5.43 Å². The van der Waals surface area contributed by atoms with Crippen LogP contribution in [0.15, 0.2) is 46.1 Å². The van der Waals surface area contributed by atoms with Crippen LogP contribution in [-0.2, 0) is 0 Å². The number of nitrogens with one attached hydrogen (secondary N) is 1. The maximum absolute atomic E-state index is 11.9. The molecule has 1 heterocycles. The van der Waals surface area contributed by atoms with Gasteiger partial charge in [-0.2, -0.15) is 5.10 Å². The molecule has 0 fully saturated rings. The number of rotatable bonds is 4. The minimum atomic E-state index is -0.482. The lowest BCUT2D eigenvalue weighted by Crippen LogP contribution is -2.19. The second kappa shape index (κ2) is 6.00. The first kappa shape index (κ1) is 14.4. The maximum atomic E-state index is 11.9. The predicted molar refractivity (Wildman–Crippen MR) is 76.2 cm³/mol. The summed E-state index contributed by atoms with van der Waals surface area (Å²) in [5.41, 5.74) is 3.79. The summed E-state index contributed by atoms with van der Waals surface area (Å²) in [6, 6.07) is 7.58. The van der Waals surface area contributed by atoms with Crippen molar-refractivity contribution in [3.05, 3.63) is 63.6 Å². The summed E-state index contributed by atoms with van der Waals surface area (Å²) in [6.07, 6.45) is 1.42. The van der Waals surface area contributed by atoms with Crippen LogP contribution < -0.4 is 5.43 Å². The summed E-state index contributed by atoms with van der Waals surface area (Å²) in [5, 5.41) is 14.7. The second-order valence-corrected chi connectivity index (χ2v) is 4.34. The van der Waals surface area contributed by atoms with Gasteiger partial charge in [0, 0.05) is 17.7 Å². The Kier molecular flexibility index (Phi) is 4.13. The van der Waals surface area contributed by atoms with Gasteiger partial charge in [-0.05, 0) is 19.9 Å². The van der Waals surface area contributed by atoms with Crippen molar-refractivity contribution < 1.29 is 14.1 Å². The summed E-state index contributed by atoms with van der Waals surface area (Å²) >= 11 is 0. The van der Waals surface area contributed by atoms with Crippen molar-refractivity contribution in [2.75, 3.05) is 0 Å². The number of aryl methyl sites for hydroxylation is 1. The predicted octanol–water partition coefficient (Wildman–Crippen LogP) is 2.65. The van der Waals surface area contributed by atoms with Gasteiger partial charge in [0.2, 0.25) is 0 Å². The van der Waals surface area contributed by atoms with Crippen LogP contribution >= 0.6 is 0 Å². The fraction of sp³-hybridized carbons (Fsp3) is 0.143. The highest BCUT2D eigenvalue weighted by molar-refractivity contribution is 6.01. The Labute approximate surface area is 120 Å². The summed E-state index contributed by atoms with van der Waals surface area (Å²) in [6.45, 7) is 3.33. The normalized spacial score (nSPS) is 11.2. The molecule has 1 amide bonds. The molecular weight excluding hydrogens is 274 g/mol. The minimum absolute atomic E-state index is 0.0287. The molecule has 1 aromatic heterocycles. The molecular formula is C14H13N3O4. The van der Waals surface area contributed by atoms with E-state index in [-0.39, 0.29) is 5.69 Å². The standard InChI is InChI=1S/C14H13N3O4/c1-9(11-4-3-5-12(8-11)17(19)20)15-16-14(18)13-6-7-21-10(13)2/h3-8H,1-2H3,(H,16,18). The zero-order valence-corrected chi connectivity index (χ0v) is 11.5. The molecule has 7 heteroatoms. The molecule has 0 radical (unpaired) electrons. The Hall–Kier alpha value is -2.96. The number of carbonyl (C=O) groups is 1. The van der Waals surface area contributed by atoms with E-state index in [1.54, 1.807) is 32.0 Å². The van der Waals surface area contributed by atoms with E-state index in [1.165, 1.54) is 18.4 Å². The van der Waals surface area contributed by atoms with Crippen molar-refractivity contribution in [2.45, 2.75) is 13.8 Å². The molecule has 0 aliphatic rings. The lowest BCUT2D eigenvalue weighted by atomic mass is 10.1. The average Bonchev–Trinajstić information content (AvgIpc) is 2.90. The summed E-state index contributed by atoms with van der Waals surface area (Å²) < 4.78 is 5.03. The molecule has 21 heavy (non-hydrogen) atoms. The van der Waals surface area contributed by atoms with Crippen LogP contribution in [0.5, 0.6) is 0 Å². The van der Waals surface area contributed by atoms with Crippen LogP contribution in [0, 0.1) is 17.0 Å². The van der Waals surface area contributed by atoms with E-state index in [2.05, 4.69) is 10.5 Å². The lowest BCUT2D eigenvalue weighted by molar-refractivity contribution is -0.384. The third kappa shape index (κ3) is 3.33. The summed E-state index contributed by atoms with van der Waals surface area (Å²) in [4.78, 5) is 22.1. The molecule has 0 aliphatic heterocycles. The van der Waals surface area contributed by atoms with E-state index >= 15 is 0 Å². The molecule has 1 aromatic carbocycles. The van der Waals surface area contributed by atoms with Crippen molar-refractivity contribution in [1.29, 1.82) is 0 Å². The Bertz CT molecular complexity index is 719. The first-order valence-corrected chi connectivity index (χ1v) is 6.12. The van der Waals surface area contributed by atoms with Gasteiger partial charge in [0.1, 0.15) is 5.76 Å². The van der Waals surface area contributed by atoms with E-state index in [0.29, 0.717) is 22.6 Å². The zero-order valence-electron chi connectivity index (χ0n) is 11.5. The molecule has 2 rings (SSSR count). The highest BCUT2D eigenvalue weighted by atomic mass is 16.6. The van der Waals surface area contributed by atoms with E-state index in [1.807, 2.05) is 0 Å². The van der Waals surface area contributed by atoms with Gasteiger partial charge in [-0.15, -0.1) is 0 Å². The number of hydrazone groups is 1. The highest BCUT2D eigenvalue weighted by Crippen LogP contribution is 2.14. The van der Waals surface area contributed by atoms with Crippen LogP contribution in [-0.4, -0.2) is 16.5 Å². The molecule has 7 nitrogen and oxygen atoms in total. The van der Waals surface area contributed by atoms with Gasteiger partial charge < -0.3 is 4.42 Å². The SMILES string of the molecule is CC(=NNC(=O)c1ccoc1C)c1cccc([N+](=O)[O-])c1. The molecule has 2 aromatic rings. The third-order valence-electron chi connectivity index (χ3n) is 2.90. The number of nitro benzene ring substituents is 1. The number of nitro groups is 1. The number of carbonyl (C=O) groups excluding carboxylic acids is 1. The minimum Gasteiger partial charge on any atom is -0.469 e. The average molecular weight is 287 g/mol. The number of benzene rings is 1. The molecule has 0 atom stereocenters. The third-order valence-corrected chi connectivity index (χ3v) is 2.90. The monoisotopic (exact) mass is 287 g/mol. The van der Waals surface area contributed by atoms with E-state index in [9.17, 15) is 14.9 Å². The molecule has 1 N–H and O–H groups in total. The van der Waals surface area contributed by atoms with Crippen LogP contribution in [0.1, 0.15) is 28.6 Å².